The number of amides is 1. The SMILES string of the molecule is CCOc1cc(CNC(=O)CN2C[C@@H](C)Sc3ccccc32)cc(OCC)c1OCC. The summed E-state index contributed by atoms with van der Waals surface area (Å²) in [6.45, 7) is 11.1. The van der Waals surface area contributed by atoms with E-state index in [9.17, 15) is 4.79 Å². The Kier molecular flexibility index (Phi) is 8.35. The molecule has 6 nitrogen and oxygen atoms in total. The third kappa shape index (κ3) is 6.00. The lowest BCUT2D eigenvalue weighted by Gasteiger charge is -2.33. The minimum atomic E-state index is -0.0151. The summed E-state index contributed by atoms with van der Waals surface area (Å²) in [7, 11) is 0. The van der Waals surface area contributed by atoms with E-state index in [4.69, 9.17) is 14.2 Å². The Morgan fingerprint density at radius 2 is 1.71 bits per heavy atom. The van der Waals surface area contributed by atoms with Crippen molar-refractivity contribution in [2.75, 3.05) is 37.8 Å². The lowest BCUT2D eigenvalue weighted by atomic mass is 10.1. The van der Waals surface area contributed by atoms with E-state index in [1.807, 2.05) is 56.8 Å². The maximum Gasteiger partial charge on any atom is 0.239 e. The molecule has 2 aromatic rings. The van der Waals surface area contributed by atoms with Crippen LogP contribution in [0.1, 0.15) is 33.3 Å². The Bertz CT molecular complexity index is 863. The van der Waals surface area contributed by atoms with Crippen molar-refractivity contribution in [3.63, 3.8) is 0 Å². The molecule has 0 bridgehead atoms. The van der Waals surface area contributed by atoms with Crippen LogP contribution in [-0.2, 0) is 11.3 Å². The van der Waals surface area contributed by atoms with Gasteiger partial charge < -0.3 is 24.4 Å². The predicted octanol–water partition coefficient (Wildman–Crippen LogP) is 4.50. The normalized spacial score (nSPS) is 15.2. The van der Waals surface area contributed by atoms with Crippen LogP contribution in [-0.4, -0.2) is 44.1 Å². The molecule has 0 aromatic heterocycles. The van der Waals surface area contributed by atoms with E-state index in [2.05, 4.69) is 29.3 Å². The number of anilines is 1. The van der Waals surface area contributed by atoms with Crippen molar-refractivity contribution in [2.24, 2.45) is 0 Å². The number of para-hydroxylation sites is 1. The van der Waals surface area contributed by atoms with Gasteiger partial charge in [-0.2, -0.15) is 0 Å². The van der Waals surface area contributed by atoms with Gasteiger partial charge in [0.15, 0.2) is 11.5 Å². The second kappa shape index (κ2) is 11.2. The smallest absolute Gasteiger partial charge is 0.239 e. The molecule has 1 amide bonds. The first kappa shape index (κ1) is 23.1. The van der Waals surface area contributed by atoms with Gasteiger partial charge >= 0.3 is 0 Å². The van der Waals surface area contributed by atoms with Crippen molar-refractivity contribution in [3.05, 3.63) is 42.0 Å². The van der Waals surface area contributed by atoms with E-state index in [1.54, 1.807) is 0 Å². The van der Waals surface area contributed by atoms with Crippen molar-refractivity contribution < 1.29 is 19.0 Å². The minimum Gasteiger partial charge on any atom is -0.490 e. The zero-order valence-corrected chi connectivity index (χ0v) is 19.6. The van der Waals surface area contributed by atoms with Crippen molar-refractivity contribution in [2.45, 2.75) is 44.4 Å². The Morgan fingerprint density at radius 1 is 1.06 bits per heavy atom. The summed E-state index contributed by atoms with van der Waals surface area (Å²) < 4.78 is 17.3. The van der Waals surface area contributed by atoms with Crippen LogP contribution in [0, 0.1) is 0 Å². The topological polar surface area (TPSA) is 60.0 Å². The van der Waals surface area contributed by atoms with Gasteiger partial charge in [0.2, 0.25) is 11.7 Å². The highest BCUT2D eigenvalue weighted by atomic mass is 32.2. The van der Waals surface area contributed by atoms with Gasteiger partial charge in [-0.1, -0.05) is 19.1 Å². The molecule has 0 aliphatic carbocycles. The van der Waals surface area contributed by atoms with Crippen LogP contribution in [0.2, 0.25) is 0 Å². The predicted molar refractivity (Wildman–Crippen MR) is 126 cm³/mol. The van der Waals surface area contributed by atoms with Gasteiger partial charge in [0, 0.05) is 23.2 Å². The molecular weight excluding hydrogens is 412 g/mol. The third-order valence-corrected chi connectivity index (χ3v) is 5.96. The maximum atomic E-state index is 12.7. The molecule has 7 heteroatoms. The molecule has 0 spiro atoms. The summed E-state index contributed by atoms with van der Waals surface area (Å²) in [4.78, 5) is 16.1. The van der Waals surface area contributed by atoms with Gasteiger partial charge in [-0.25, -0.2) is 0 Å². The summed E-state index contributed by atoms with van der Waals surface area (Å²) in [5.41, 5.74) is 2.03. The average molecular weight is 445 g/mol. The van der Waals surface area contributed by atoms with Gasteiger partial charge in [-0.15, -0.1) is 11.8 Å². The van der Waals surface area contributed by atoms with Crippen LogP contribution in [0.5, 0.6) is 17.2 Å². The Morgan fingerprint density at radius 3 is 2.35 bits per heavy atom. The number of carbonyl (C=O) groups excluding carboxylic acids is 1. The minimum absolute atomic E-state index is 0.0151. The molecular formula is C24H32N2O4S. The number of hydrogen-bond acceptors (Lipinski definition) is 6. The fourth-order valence-electron chi connectivity index (χ4n) is 3.61. The molecule has 0 fully saturated rings. The number of thioether (sulfide) groups is 1. The van der Waals surface area contributed by atoms with E-state index in [1.165, 1.54) is 4.90 Å². The highest BCUT2D eigenvalue weighted by molar-refractivity contribution is 8.00. The molecule has 1 aliphatic heterocycles. The quantitative estimate of drug-likeness (QED) is 0.582. The Balaban J connectivity index is 1.70. The largest absolute Gasteiger partial charge is 0.490 e. The number of hydrogen-bond donors (Lipinski definition) is 1. The summed E-state index contributed by atoms with van der Waals surface area (Å²) in [5.74, 6) is 1.86. The zero-order valence-electron chi connectivity index (χ0n) is 18.8. The second-order valence-electron chi connectivity index (χ2n) is 7.27. The van der Waals surface area contributed by atoms with Crippen LogP contribution in [0.15, 0.2) is 41.3 Å². The van der Waals surface area contributed by atoms with Gasteiger partial charge in [-0.05, 0) is 50.6 Å². The number of fused-ring (bicyclic) bond motifs is 1. The molecule has 3 rings (SSSR count). The first-order chi connectivity index (χ1) is 15.0. The highest BCUT2D eigenvalue weighted by Gasteiger charge is 2.23. The van der Waals surface area contributed by atoms with E-state index in [-0.39, 0.29) is 5.91 Å². The summed E-state index contributed by atoms with van der Waals surface area (Å²) in [6, 6.07) is 12.1. The molecule has 31 heavy (non-hydrogen) atoms. The van der Waals surface area contributed by atoms with E-state index in [0.29, 0.717) is 55.4 Å². The fraction of sp³-hybridized carbons (Fsp3) is 0.458. The van der Waals surface area contributed by atoms with Crippen molar-refractivity contribution >= 4 is 23.4 Å². The van der Waals surface area contributed by atoms with Crippen molar-refractivity contribution in [1.82, 2.24) is 5.32 Å². The van der Waals surface area contributed by atoms with Crippen molar-refractivity contribution in [1.29, 1.82) is 0 Å². The van der Waals surface area contributed by atoms with Gasteiger partial charge in [-0.3, -0.25) is 4.79 Å². The molecule has 1 aliphatic rings. The van der Waals surface area contributed by atoms with E-state index in [0.717, 1.165) is 17.8 Å². The summed E-state index contributed by atoms with van der Waals surface area (Å²) in [6.07, 6.45) is 0. The Labute approximate surface area is 189 Å². The number of ether oxygens (including phenoxy) is 3. The van der Waals surface area contributed by atoms with E-state index >= 15 is 0 Å². The number of benzene rings is 2. The van der Waals surface area contributed by atoms with Gasteiger partial charge in [0.1, 0.15) is 0 Å². The lowest BCUT2D eigenvalue weighted by molar-refractivity contribution is -0.119. The number of nitrogens with zero attached hydrogens (tertiary/aromatic N) is 1. The van der Waals surface area contributed by atoms with Gasteiger partial charge in [0.25, 0.3) is 0 Å². The molecule has 2 aromatic carbocycles. The van der Waals surface area contributed by atoms with Gasteiger partial charge in [0.05, 0.1) is 32.1 Å². The maximum absolute atomic E-state index is 12.7. The number of nitrogens with one attached hydrogen (secondary N) is 1. The molecule has 0 saturated carbocycles. The van der Waals surface area contributed by atoms with Crippen LogP contribution in [0.3, 0.4) is 0 Å². The van der Waals surface area contributed by atoms with Crippen LogP contribution in [0.4, 0.5) is 5.69 Å². The first-order valence-electron chi connectivity index (χ1n) is 10.9. The Hall–Kier alpha value is -2.54. The third-order valence-electron chi connectivity index (χ3n) is 4.80. The average Bonchev–Trinajstić information content (AvgIpc) is 2.75. The van der Waals surface area contributed by atoms with Crippen LogP contribution in [0.25, 0.3) is 0 Å². The molecule has 0 radical (unpaired) electrons. The van der Waals surface area contributed by atoms with E-state index < -0.39 is 0 Å². The molecule has 0 unspecified atom stereocenters. The molecule has 168 valence electrons. The first-order valence-corrected chi connectivity index (χ1v) is 11.8. The van der Waals surface area contributed by atoms with Crippen LogP contribution < -0.4 is 24.4 Å². The fourth-order valence-corrected chi connectivity index (χ4v) is 4.77. The molecule has 0 saturated heterocycles. The summed E-state index contributed by atoms with van der Waals surface area (Å²) >= 11 is 1.86. The number of carbonyl (C=O) groups is 1. The molecule has 1 atom stereocenters. The monoisotopic (exact) mass is 444 g/mol. The molecule has 1 heterocycles. The summed E-state index contributed by atoms with van der Waals surface area (Å²) in [5, 5.41) is 3.48. The standard InChI is InChI=1S/C24H32N2O4S/c1-5-28-20-12-18(13-21(29-6-2)24(20)30-7-3)14-25-23(27)16-26-15-17(4)31-22-11-9-8-10-19(22)26/h8-13,17H,5-7,14-16H2,1-4H3,(H,25,27)/t17-/m1/s1. The highest BCUT2D eigenvalue weighted by Crippen LogP contribution is 2.39. The van der Waals surface area contributed by atoms with Crippen molar-refractivity contribution in [3.8, 4) is 17.2 Å². The zero-order chi connectivity index (χ0) is 22.2. The van der Waals surface area contributed by atoms with Crippen LogP contribution >= 0.6 is 11.8 Å². The number of rotatable bonds is 10. The second-order valence-corrected chi connectivity index (χ2v) is 8.75. The molecule has 1 N–H and O–H groups in total. The lowest BCUT2D eigenvalue weighted by Crippen LogP contribution is -2.41.